The molecule has 1 saturated heterocycles. The van der Waals surface area contributed by atoms with Gasteiger partial charge in [-0.2, -0.15) is 0 Å². The van der Waals surface area contributed by atoms with Crippen molar-refractivity contribution in [3.05, 3.63) is 28.8 Å². The van der Waals surface area contributed by atoms with Crippen molar-refractivity contribution in [3.8, 4) is 0 Å². The highest BCUT2D eigenvalue weighted by atomic mass is 35.5. The number of nitrogens with zero attached hydrogens (tertiary/aromatic N) is 1. The van der Waals surface area contributed by atoms with Crippen LogP contribution in [0.25, 0.3) is 0 Å². The number of anilines is 1. The molecule has 1 aliphatic heterocycles. The van der Waals surface area contributed by atoms with Crippen molar-refractivity contribution < 1.29 is 0 Å². The Labute approximate surface area is 102 Å². The van der Waals surface area contributed by atoms with Crippen LogP contribution in [0.2, 0.25) is 5.02 Å². The summed E-state index contributed by atoms with van der Waals surface area (Å²) in [6.07, 6.45) is 2.51. The van der Waals surface area contributed by atoms with Crippen LogP contribution in [0.1, 0.15) is 38.3 Å². The lowest BCUT2D eigenvalue weighted by Crippen LogP contribution is -2.26. The molecule has 2 N–H and O–H groups in total. The summed E-state index contributed by atoms with van der Waals surface area (Å²) in [5.41, 5.74) is 8.09. The third kappa shape index (κ3) is 2.18. The molecule has 3 heteroatoms. The number of hydrogen-bond acceptors (Lipinski definition) is 2. The van der Waals surface area contributed by atoms with Gasteiger partial charge in [-0.25, -0.2) is 0 Å². The normalized spacial score (nSPS) is 22.5. The van der Waals surface area contributed by atoms with Crippen LogP contribution in [0.15, 0.2) is 18.2 Å². The van der Waals surface area contributed by atoms with E-state index in [0.717, 1.165) is 22.8 Å². The molecule has 1 fully saturated rings. The lowest BCUT2D eigenvalue weighted by molar-refractivity contribution is 0.734. The molecule has 16 heavy (non-hydrogen) atoms. The van der Waals surface area contributed by atoms with Gasteiger partial charge in [0.25, 0.3) is 0 Å². The van der Waals surface area contributed by atoms with Gasteiger partial charge in [-0.05, 0) is 44.4 Å². The Morgan fingerprint density at radius 2 is 2.25 bits per heavy atom. The summed E-state index contributed by atoms with van der Waals surface area (Å²) in [5, 5.41) is 0.823. The van der Waals surface area contributed by atoms with Gasteiger partial charge < -0.3 is 10.6 Å². The Hall–Kier alpha value is -0.730. The summed E-state index contributed by atoms with van der Waals surface area (Å²) in [7, 11) is 0. The van der Waals surface area contributed by atoms with Crippen LogP contribution >= 0.6 is 11.6 Å². The molecule has 1 aliphatic rings. The Morgan fingerprint density at radius 3 is 2.75 bits per heavy atom. The van der Waals surface area contributed by atoms with Gasteiger partial charge in [-0.1, -0.05) is 17.7 Å². The third-order valence-corrected chi connectivity index (χ3v) is 3.66. The standard InChI is InChI=1S/C13H19ClN2/c1-9-4-3-7-16(9)13-6-5-11(10(2)15)8-12(13)14/h5-6,8-10H,3-4,7,15H2,1-2H3/t9?,10-/m0/s1. The molecule has 1 unspecified atom stereocenters. The lowest BCUT2D eigenvalue weighted by Gasteiger charge is -2.25. The van der Waals surface area contributed by atoms with Gasteiger partial charge in [0.05, 0.1) is 10.7 Å². The van der Waals surface area contributed by atoms with E-state index in [-0.39, 0.29) is 6.04 Å². The van der Waals surface area contributed by atoms with Crippen LogP contribution in [0.5, 0.6) is 0 Å². The maximum Gasteiger partial charge on any atom is 0.0642 e. The van der Waals surface area contributed by atoms with Crippen molar-refractivity contribution in [1.29, 1.82) is 0 Å². The number of hydrogen-bond donors (Lipinski definition) is 1. The molecule has 1 aromatic carbocycles. The molecule has 2 rings (SSSR count). The van der Waals surface area contributed by atoms with Gasteiger partial charge in [0.1, 0.15) is 0 Å². The van der Waals surface area contributed by atoms with E-state index in [1.807, 2.05) is 13.0 Å². The molecular formula is C13H19ClN2. The van der Waals surface area contributed by atoms with Crippen LogP contribution in [0.3, 0.4) is 0 Å². The second-order valence-electron chi connectivity index (χ2n) is 4.68. The second kappa shape index (κ2) is 4.64. The zero-order valence-corrected chi connectivity index (χ0v) is 10.7. The monoisotopic (exact) mass is 238 g/mol. The first-order valence-electron chi connectivity index (χ1n) is 5.91. The van der Waals surface area contributed by atoms with E-state index in [2.05, 4.69) is 24.0 Å². The Balaban J connectivity index is 2.28. The topological polar surface area (TPSA) is 29.3 Å². The summed E-state index contributed by atoms with van der Waals surface area (Å²) < 4.78 is 0. The van der Waals surface area contributed by atoms with Crippen LogP contribution in [-0.2, 0) is 0 Å². The van der Waals surface area contributed by atoms with Crippen LogP contribution in [0.4, 0.5) is 5.69 Å². The van der Waals surface area contributed by atoms with Crippen LogP contribution in [0, 0.1) is 0 Å². The SMILES string of the molecule is CC1CCCN1c1ccc([C@H](C)N)cc1Cl. The number of halogens is 1. The van der Waals surface area contributed by atoms with Crippen molar-refractivity contribution in [2.75, 3.05) is 11.4 Å². The lowest BCUT2D eigenvalue weighted by atomic mass is 10.1. The van der Waals surface area contributed by atoms with Crippen molar-refractivity contribution >= 4 is 17.3 Å². The van der Waals surface area contributed by atoms with Crippen molar-refractivity contribution in [2.24, 2.45) is 5.73 Å². The molecule has 0 bridgehead atoms. The van der Waals surface area contributed by atoms with Gasteiger partial charge in [0.2, 0.25) is 0 Å². The first-order valence-corrected chi connectivity index (χ1v) is 6.29. The summed E-state index contributed by atoms with van der Waals surface area (Å²) >= 11 is 6.32. The molecule has 2 atom stereocenters. The zero-order chi connectivity index (χ0) is 11.7. The molecule has 88 valence electrons. The largest absolute Gasteiger partial charge is 0.368 e. The molecule has 2 nitrogen and oxygen atoms in total. The zero-order valence-electron chi connectivity index (χ0n) is 9.91. The minimum atomic E-state index is 0.0440. The fourth-order valence-electron chi connectivity index (χ4n) is 2.33. The fraction of sp³-hybridized carbons (Fsp3) is 0.538. The van der Waals surface area contributed by atoms with E-state index < -0.39 is 0 Å². The maximum absolute atomic E-state index is 6.32. The van der Waals surface area contributed by atoms with Crippen molar-refractivity contribution in [1.82, 2.24) is 0 Å². The molecule has 0 amide bonds. The van der Waals surface area contributed by atoms with E-state index in [0.29, 0.717) is 6.04 Å². The molecule has 0 spiro atoms. The van der Waals surface area contributed by atoms with E-state index in [1.54, 1.807) is 0 Å². The van der Waals surface area contributed by atoms with Crippen LogP contribution < -0.4 is 10.6 Å². The van der Waals surface area contributed by atoms with Crippen LogP contribution in [-0.4, -0.2) is 12.6 Å². The molecule has 0 aromatic heterocycles. The van der Waals surface area contributed by atoms with Gasteiger partial charge in [-0.3, -0.25) is 0 Å². The average molecular weight is 239 g/mol. The molecule has 0 saturated carbocycles. The third-order valence-electron chi connectivity index (χ3n) is 3.36. The maximum atomic E-state index is 6.32. The smallest absolute Gasteiger partial charge is 0.0642 e. The summed E-state index contributed by atoms with van der Waals surface area (Å²) in [5.74, 6) is 0. The molecule has 0 aliphatic carbocycles. The minimum absolute atomic E-state index is 0.0440. The molecule has 1 aromatic rings. The summed E-state index contributed by atoms with van der Waals surface area (Å²) in [4.78, 5) is 2.38. The summed E-state index contributed by atoms with van der Waals surface area (Å²) in [6, 6.07) is 6.81. The Bertz CT molecular complexity index is 376. The minimum Gasteiger partial charge on any atom is -0.368 e. The van der Waals surface area contributed by atoms with E-state index in [1.165, 1.54) is 12.8 Å². The van der Waals surface area contributed by atoms with E-state index in [4.69, 9.17) is 17.3 Å². The van der Waals surface area contributed by atoms with Gasteiger partial charge in [0.15, 0.2) is 0 Å². The highest BCUT2D eigenvalue weighted by molar-refractivity contribution is 6.33. The predicted octanol–water partition coefficient (Wildman–Crippen LogP) is 3.35. The summed E-state index contributed by atoms with van der Waals surface area (Å²) in [6.45, 7) is 5.34. The molecular weight excluding hydrogens is 220 g/mol. The highest BCUT2D eigenvalue weighted by Gasteiger charge is 2.22. The van der Waals surface area contributed by atoms with Gasteiger partial charge in [-0.15, -0.1) is 0 Å². The van der Waals surface area contributed by atoms with Crippen molar-refractivity contribution in [2.45, 2.75) is 38.8 Å². The Morgan fingerprint density at radius 1 is 1.50 bits per heavy atom. The fourth-order valence-corrected chi connectivity index (χ4v) is 2.63. The first kappa shape index (κ1) is 11.7. The van der Waals surface area contributed by atoms with E-state index >= 15 is 0 Å². The van der Waals surface area contributed by atoms with E-state index in [9.17, 15) is 0 Å². The Kier molecular flexibility index (Phi) is 3.41. The predicted molar refractivity (Wildman–Crippen MR) is 70.1 cm³/mol. The molecule has 0 radical (unpaired) electrons. The average Bonchev–Trinajstić information content (AvgIpc) is 2.64. The number of nitrogens with two attached hydrogens (primary N) is 1. The number of rotatable bonds is 2. The quantitative estimate of drug-likeness (QED) is 0.856. The van der Waals surface area contributed by atoms with Crippen molar-refractivity contribution in [3.63, 3.8) is 0 Å². The van der Waals surface area contributed by atoms with Gasteiger partial charge >= 0.3 is 0 Å². The van der Waals surface area contributed by atoms with Gasteiger partial charge in [0, 0.05) is 18.6 Å². The number of benzene rings is 1. The second-order valence-corrected chi connectivity index (χ2v) is 5.09. The highest BCUT2D eigenvalue weighted by Crippen LogP contribution is 2.33. The first-order chi connectivity index (χ1) is 7.59. The molecule has 1 heterocycles.